The molecule has 0 spiro atoms. The van der Waals surface area contributed by atoms with E-state index < -0.39 is 5.60 Å². The zero-order chi connectivity index (χ0) is 11.4. The molecule has 2 heteroatoms. The molecule has 1 unspecified atom stereocenters. The standard InChI is InChI=1S/C14H18O2/c1-14(10-5-11-16-14)13(15)9-8-12-6-3-2-4-7-12/h2-4,6-7H,5,8-11H2,1H3. The summed E-state index contributed by atoms with van der Waals surface area (Å²) < 4.78 is 5.54. The minimum absolute atomic E-state index is 0.244. The normalized spacial score (nSPS) is 24.6. The zero-order valence-electron chi connectivity index (χ0n) is 9.74. The monoisotopic (exact) mass is 218 g/mol. The molecule has 0 N–H and O–H groups in total. The van der Waals surface area contributed by atoms with Gasteiger partial charge in [0.25, 0.3) is 0 Å². The van der Waals surface area contributed by atoms with E-state index in [4.69, 9.17) is 4.74 Å². The molecule has 1 aliphatic rings. The molecule has 1 aromatic rings. The molecule has 1 atom stereocenters. The molecule has 1 fully saturated rings. The predicted octanol–water partition coefficient (Wildman–Crippen LogP) is 2.76. The summed E-state index contributed by atoms with van der Waals surface area (Å²) in [5, 5.41) is 0. The number of hydrogen-bond donors (Lipinski definition) is 0. The first-order valence-electron chi connectivity index (χ1n) is 5.92. The van der Waals surface area contributed by atoms with Crippen LogP contribution in [0.25, 0.3) is 0 Å². The highest BCUT2D eigenvalue weighted by Crippen LogP contribution is 2.27. The third-order valence-electron chi connectivity index (χ3n) is 3.29. The van der Waals surface area contributed by atoms with Crippen molar-refractivity contribution in [1.82, 2.24) is 0 Å². The maximum absolute atomic E-state index is 12.0. The smallest absolute Gasteiger partial charge is 0.164 e. The molecular weight excluding hydrogens is 200 g/mol. The molecule has 2 nitrogen and oxygen atoms in total. The summed E-state index contributed by atoms with van der Waals surface area (Å²) in [6.07, 6.45) is 3.29. The van der Waals surface area contributed by atoms with Crippen LogP contribution in [0.1, 0.15) is 31.7 Å². The Bertz CT molecular complexity index is 350. The van der Waals surface area contributed by atoms with E-state index >= 15 is 0 Å². The maximum Gasteiger partial charge on any atom is 0.164 e. The van der Waals surface area contributed by atoms with Crippen molar-refractivity contribution in [2.75, 3.05) is 6.61 Å². The number of rotatable bonds is 4. The summed E-state index contributed by atoms with van der Waals surface area (Å²) in [5.41, 5.74) is 0.715. The van der Waals surface area contributed by atoms with Crippen LogP contribution in [0.5, 0.6) is 0 Å². The molecule has 2 rings (SSSR count). The van der Waals surface area contributed by atoms with E-state index in [1.54, 1.807) is 0 Å². The molecule has 1 heterocycles. The Labute approximate surface area is 96.6 Å². The van der Waals surface area contributed by atoms with Gasteiger partial charge in [-0.2, -0.15) is 0 Å². The molecule has 0 saturated carbocycles. The van der Waals surface area contributed by atoms with Gasteiger partial charge in [0, 0.05) is 13.0 Å². The van der Waals surface area contributed by atoms with Crippen molar-refractivity contribution in [1.29, 1.82) is 0 Å². The van der Waals surface area contributed by atoms with Crippen LogP contribution in [0.4, 0.5) is 0 Å². The zero-order valence-corrected chi connectivity index (χ0v) is 9.74. The molecule has 0 bridgehead atoms. The predicted molar refractivity (Wildman–Crippen MR) is 63.4 cm³/mol. The number of carbonyl (C=O) groups excluding carboxylic acids is 1. The van der Waals surface area contributed by atoms with Crippen LogP contribution in [-0.4, -0.2) is 18.0 Å². The quantitative estimate of drug-likeness (QED) is 0.776. The van der Waals surface area contributed by atoms with Crippen molar-refractivity contribution >= 4 is 5.78 Å². The van der Waals surface area contributed by atoms with Gasteiger partial charge in [-0.05, 0) is 31.7 Å². The summed E-state index contributed by atoms with van der Waals surface area (Å²) in [6.45, 7) is 2.65. The SMILES string of the molecule is CC1(C(=O)CCc2ccccc2)CCCO1. The van der Waals surface area contributed by atoms with Crippen LogP contribution >= 0.6 is 0 Å². The first-order chi connectivity index (χ1) is 7.71. The summed E-state index contributed by atoms with van der Waals surface area (Å²) in [7, 11) is 0. The number of carbonyl (C=O) groups is 1. The van der Waals surface area contributed by atoms with Crippen molar-refractivity contribution in [3.05, 3.63) is 35.9 Å². The van der Waals surface area contributed by atoms with Crippen molar-refractivity contribution in [3.8, 4) is 0 Å². The molecule has 1 saturated heterocycles. The lowest BCUT2D eigenvalue weighted by Crippen LogP contribution is -2.34. The fraction of sp³-hybridized carbons (Fsp3) is 0.500. The topological polar surface area (TPSA) is 26.3 Å². The second-order valence-electron chi connectivity index (χ2n) is 4.59. The van der Waals surface area contributed by atoms with Gasteiger partial charge in [-0.15, -0.1) is 0 Å². The van der Waals surface area contributed by atoms with Crippen LogP contribution in [0, 0.1) is 0 Å². The molecule has 0 aliphatic carbocycles. The van der Waals surface area contributed by atoms with E-state index in [0.29, 0.717) is 6.42 Å². The molecule has 0 radical (unpaired) electrons. The van der Waals surface area contributed by atoms with Crippen LogP contribution in [0.3, 0.4) is 0 Å². The van der Waals surface area contributed by atoms with Crippen LogP contribution in [-0.2, 0) is 16.0 Å². The van der Waals surface area contributed by atoms with Gasteiger partial charge in [0.05, 0.1) is 0 Å². The summed E-state index contributed by atoms with van der Waals surface area (Å²) >= 11 is 0. The van der Waals surface area contributed by atoms with Gasteiger partial charge >= 0.3 is 0 Å². The number of ether oxygens (including phenoxy) is 1. The molecule has 0 aromatic heterocycles. The van der Waals surface area contributed by atoms with Crippen molar-refractivity contribution in [3.63, 3.8) is 0 Å². The highest BCUT2D eigenvalue weighted by molar-refractivity contribution is 5.87. The van der Waals surface area contributed by atoms with Gasteiger partial charge in [0.2, 0.25) is 0 Å². The van der Waals surface area contributed by atoms with Crippen molar-refractivity contribution in [2.24, 2.45) is 0 Å². The molecular formula is C14H18O2. The highest BCUT2D eigenvalue weighted by Gasteiger charge is 2.36. The fourth-order valence-corrected chi connectivity index (χ4v) is 2.17. The maximum atomic E-state index is 12.0. The first kappa shape index (κ1) is 11.3. The molecule has 1 aromatic carbocycles. The number of hydrogen-bond acceptors (Lipinski definition) is 2. The average Bonchev–Trinajstić information content (AvgIpc) is 2.76. The Morgan fingerprint density at radius 3 is 2.75 bits per heavy atom. The van der Waals surface area contributed by atoms with Gasteiger partial charge in [-0.1, -0.05) is 30.3 Å². The summed E-state index contributed by atoms with van der Waals surface area (Å²) in [6, 6.07) is 10.1. The third kappa shape index (κ3) is 2.50. The third-order valence-corrected chi connectivity index (χ3v) is 3.29. The number of Topliss-reactive ketones (excluding diaryl/α,β-unsaturated/α-hetero) is 1. The number of aryl methyl sites for hydroxylation is 1. The Morgan fingerprint density at radius 1 is 1.38 bits per heavy atom. The highest BCUT2D eigenvalue weighted by atomic mass is 16.5. The summed E-state index contributed by atoms with van der Waals surface area (Å²) in [5.74, 6) is 0.244. The average molecular weight is 218 g/mol. The second kappa shape index (κ2) is 4.79. The van der Waals surface area contributed by atoms with Crippen molar-refractivity contribution in [2.45, 2.75) is 38.2 Å². The number of benzene rings is 1. The Kier molecular flexibility index (Phi) is 3.39. The molecule has 1 aliphatic heterocycles. The van der Waals surface area contributed by atoms with Gasteiger partial charge in [0.15, 0.2) is 5.78 Å². The Balaban J connectivity index is 1.89. The number of ketones is 1. The van der Waals surface area contributed by atoms with Gasteiger partial charge in [-0.25, -0.2) is 0 Å². The lowest BCUT2D eigenvalue weighted by molar-refractivity contribution is -0.137. The van der Waals surface area contributed by atoms with E-state index in [9.17, 15) is 4.79 Å². The first-order valence-corrected chi connectivity index (χ1v) is 5.92. The molecule has 86 valence electrons. The summed E-state index contributed by atoms with van der Waals surface area (Å²) in [4.78, 5) is 12.0. The van der Waals surface area contributed by atoms with E-state index in [-0.39, 0.29) is 5.78 Å². The largest absolute Gasteiger partial charge is 0.368 e. The molecule has 16 heavy (non-hydrogen) atoms. The second-order valence-corrected chi connectivity index (χ2v) is 4.59. The van der Waals surface area contributed by atoms with E-state index in [2.05, 4.69) is 12.1 Å². The van der Waals surface area contributed by atoms with Crippen LogP contribution < -0.4 is 0 Å². The molecule has 0 amide bonds. The Morgan fingerprint density at radius 2 is 2.12 bits per heavy atom. The van der Waals surface area contributed by atoms with Gasteiger partial charge < -0.3 is 4.74 Å². The minimum atomic E-state index is -0.505. The lowest BCUT2D eigenvalue weighted by atomic mass is 9.93. The van der Waals surface area contributed by atoms with Crippen LogP contribution in [0.2, 0.25) is 0 Å². The van der Waals surface area contributed by atoms with E-state index in [1.165, 1.54) is 5.56 Å². The minimum Gasteiger partial charge on any atom is -0.368 e. The van der Waals surface area contributed by atoms with E-state index in [1.807, 2.05) is 25.1 Å². The van der Waals surface area contributed by atoms with Crippen molar-refractivity contribution < 1.29 is 9.53 Å². The van der Waals surface area contributed by atoms with Gasteiger partial charge in [-0.3, -0.25) is 4.79 Å². The van der Waals surface area contributed by atoms with Gasteiger partial charge in [0.1, 0.15) is 5.60 Å². The fourth-order valence-electron chi connectivity index (χ4n) is 2.17. The lowest BCUT2D eigenvalue weighted by Gasteiger charge is -2.21. The Hall–Kier alpha value is -1.15. The van der Waals surface area contributed by atoms with E-state index in [0.717, 1.165) is 25.9 Å². The van der Waals surface area contributed by atoms with Crippen LogP contribution in [0.15, 0.2) is 30.3 Å².